The third-order valence-corrected chi connectivity index (χ3v) is 1.91. The highest BCUT2D eigenvalue weighted by molar-refractivity contribution is 5.61. The van der Waals surface area contributed by atoms with E-state index in [-0.39, 0.29) is 0 Å². The lowest BCUT2D eigenvalue weighted by molar-refractivity contribution is 0.338. The Balaban J connectivity index is 0. The van der Waals surface area contributed by atoms with Crippen LogP contribution >= 0.6 is 0 Å². The number of nitrogens with zero attached hydrogens (tertiary/aromatic N) is 1. The van der Waals surface area contributed by atoms with Gasteiger partial charge in [0, 0.05) is 12.4 Å². The minimum Gasteiger partial charge on any atom is -0.269 e. The van der Waals surface area contributed by atoms with Crippen LogP contribution in [0.2, 0.25) is 0 Å². The molecule has 1 nitrogen and oxygen atoms in total. The van der Waals surface area contributed by atoms with Crippen LogP contribution in [0.3, 0.4) is 0 Å². The van der Waals surface area contributed by atoms with E-state index in [0.717, 1.165) is 0 Å². The van der Waals surface area contributed by atoms with Crippen molar-refractivity contribution in [1.82, 2.24) is 0 Å². The average molecular weight is 183 g/mol. The Hall–Kier alpha value is -0.590. The Kier molecular flexibility index (Phi) is 9.21. The van der Waals surface area contributed by atoms with E-state index in [9.17, 15) is 0 Å². The molecule has 0 amide bonds. The van der Waals surface area contributed by atoms with Gasteiger partial charge in [-0.05, 0) is 18.3 Å². The summed E-state index contributed by atoms with van der Waals surface area (Å²) in [5.74, 6) is 0.527. The van der Waals surface area contributed by atoms with Crippen LogP contribution in [0, 0.1) is 11.3 Å². The van der Waals surface area contributed by atoms with Crippen molar-refractivity contribution < 1.29 is 0 Å². The molecule has 0 radical (unpaired) electrons. The highest BCUT2D eigenvalue weighted by Crippen LogP contribution is 2.23. The van der Waals surface area contributed by atoms with E-state index in [4.69, 9.17) is 0 Å². The number of aliphatic imine (C=N–C) groups is 1. The Morgan fingerprint density at radius 3 is 1.92 bits per heavy atom. The molecule has 0 aromatic heterocycles. The molecular formula is C12H25N. The lowest BCUT2D eigenvalue weighted by atomic mass is 9.83. The molecule has 0 heterocycles. The zero-order chi connectivity index (χ0) is 10.9. The Morgan fingerprint density at radius 1 is 1.15 bits per heavy atom. The summed E-state index contributed by atoms with van der Waals surface area (Å²) < 4.78 is 0. The second-order valence-corrected chi connectivity index (χ2v) is 3.94. The second kappa shape index (κ2) is 8.03. The zero-order valence-electron chi connectivity index (χ0n) is 10.3. The minimum absolute atomic E-state index is 0.324. The van der Waals surface area contributed by atoms with E-state index in [2.05, 4.69) is 32.7 Å². The fourth-order valence-electron chi connectivity index (χ4n) is 0.488. The van der Waals surface area contributed by atoms with Crippen molar-refractivity contribution in [2.75, 3.05) is 0 Å². The van der Waals surface area contributed by atoms with Crippen molar-refractivity contribution >= 4 is 6.21 Å². The molecule has 0 aliphatic carbocycles. The summed E-state index contributed by atoms with van der Waals surface area (Å²) >= 11 is 0. The summed E-state index contributed by atoms with van der Waals surface area (Å²) in [6, 6.07) is 0. The molecule has 13 heavy (non-hydrogen) atoms. The van der Waals surface area contributed by atoms with E-state index in [0.29, 0.717) is 11.3 Å². The van der Waals surface area contributed by atoms with Crippen molar-refractivity contribution in [3.05, 3.63) is 12.3 Å². The van der Waals surface area contributed by atoms with Crippen LogP contribution in [0.4, 0.5) is 0 Å². The smallest absolute Gasteiger partial charge is 0.0221 e. The number of hydrogen-bond acceptors (Lipinski definition) is 1. The highest BCUT2D eigenvalue weighted by Gasteiger charge is 2.17. The zero-order valence-corrected chi connectivity index (χ0v) is 10.3. The highest BCUT2D eigenvalue weighted by atomic mass is 14.7. The lowest BCUT2D eigenvalue weighted by Crippen LogP contribution is -2.17. The fourth-order valence-corrected chi connectivity index (χ4v) is 0.488. The van der Waals surface area contributed by atoms with Crippen LogP contribution in [-0.4, -0.2) is 6.21 Å². The Bertz CT molecular complexity index is 149. The molecule has 0 N–H and O–H groups in total. The third kappa shape index (κ3) is 9.32. The van der Waals surface area contributed by atoms with Gasteiger partial charge in [-0.25, -0.2) is 0 Å². The maximum Gasteiger partial charge on any atom is 0.0221 e. The topological polar surface area (TPSA) is 12.4 Å². The summed E-state index contributed by atoms with van der Waals surface area (Å²) in [6.45, 7) is 14.8. The van der Waals surface area contributed by atoms with Crippen molar-refractivity contribution in [2.45, 2.75) is 48.5 Å². The van der Waals surface area contributed by atoms with E-state index < -0.39 is 0 Å². The summed E-state index contributed by atoms with van der Waals surface area (Å²) in [5.41, 5.74) is 0.324. The molecular weight excluding hydrogens is 158 g/mol. The summed E-state index contributed by atoms with van der Waals surface area (Å²) in [6.07, 6.45) is 5.76. The van der Waals surface area contributed by atoms with Gasteiger partial charge in [-0.3, -0.25) is 4.99 Å². The standard InChI is InChI=1S/C10H19N.C2H6/c1-6-7-11-8-9(2)10(3,4)5;1-2/h6-9H,1-5H3;1-2H3/b7-6-,11-8?;. The molecule has 0 aromatic rings. The molecule has 0 fully saturated rings. The summed E-state index contributed by atoms with van der Waals surface area (Å²) in [4.78, 5) is 4.15. The first-order valence-electron chi connectivity index (χ1n) is 5.13. The van der Waals surface area contributed by atoms with Gasteiger partial charge in [-0.1, -0.05) is 47.6 Å². The molecule has 1 heteroatoms. The van der Waals surface area contributed by atoms with Crippen molar-refractivity contribution in [3.63, 3.8) is 0 Å². The first-order chi connectivity index (χ1) is 5.98. The first-order valence-corrected chi connectivity index (χ1v) is 5.13. The second-order valence-electron chi connectivity index (χ2n) is 3.94. The molecule has 0 spiro atoms. The van der Waals surface area contributed by atoms with E-state index in [1.54, 1.807) is 0 Å². The van der Waals surface area contributed by atoms with Crippen molar-refractivity contribution in [1.29, 1.82) is 0 Å². The van der Waals surface area contributed by atoms with Gasteiger partial charge in [0.05, 0.1) is 0 Å². The molecule has 1 atom stereocenters. The minimum atomic E-state index is 0.324. The van der Waals surface area contributed by atoms with Gasteiger partial charge in [-0.15, -0.1) is 0 Å². The first kappa shape index (κ1) is 14.9. The van der Waals surface area contributed by atoms with Crippen molar-refractivity contribution in [2.24, 2.45) is 16.3 Å². The SMILES string of the molecule is C/C=C\N=CC(C)C(C)(C)C.CC. The molecule has 0 aliphatic rings. The predicted octanol–water partition coefficient (Wildman–Crippen LogP) is 4.30. The van der Waals surface area contributed by atoms with E-state index in [1.165, 1.54) is 0 Å². The maximum atomic E-state index is 4.15. The van der Waals surface area contributed by atoms with Crippen LogP contribution in [0.1, 0.15) is 48.5 Å². The van der Waals surface area contributed by atoms with Gasteiger partial charge in [0.2, 0.25) is 0 Å². The molecule has 0 aliphatic heterocycles. The van der Waals surface area contributed by atoms with Gasteiger partial charge >= 0.3 is 0 Å². The van der Waals surface area contributed by atoms with Gasteiger partial charge in [0.1, 0.15) is 0 Å². The van der Waals surface area contributed by atoms with Gasteiger partial charge in [-0.2, -0.15) is 0 Å². The summed E-state index contributed by atoms with van der Waals surface area (Å²) in [7, 11) is 0. The molecule has 1 unspecified atom stereocenters. The Morgan fingerprint density at radius 2 is 1.62 bits per heavy atom. The molecule has 0 rings (SSSR count). The van der Waals surface area contributed by atoms with Crippen LogP contribution in [0.5, 0.6) is 0 Å². The molecule has 0 aromatic carbocycles. The fraction of sp³-hybridized carbons (Fsp3) is 0.750. The van der Waals surface area contributed by atoms with Crippen molar-refractivity contribution in [3.8, 4) is 0 Å². The normalized spacial score (nSPS) is 14.4. The summed E-state index contributed by atoms with van der Waals surface area (Å²) in [5, 5.41) is 0. The van der Waals surface area contributed by atoms with Gasteiger partial charge in [0.25, 0.3) is 0 Å². The number of allylic oxidation sites excluding steroid dienone is 1. The van der Waals surface area contributed by atoms with Crippen LogP contribution in [-0.2, 0) is 0 Å². The molecule has 0 saturated carbocycles. The van der Waals surface area contributed by atoms with Crippen LogP contribution in [0.15, 0.2) is 17.3 Å². The largest absolute Gasteiger partial charge is 0.269 e. The quantitative estimate of drug-likeness (QED) is 0.566. The lowest BCUT2D eigenvalue weighted by Gasteiger charge is -2.23. The molecule has 78 valence electrons. The molecule has 0 saturated heterocycles. The predicted molar refractivity (Wildman–Crippen MR) is 63.3 cm³/mol. The van der Waals surface area contributed by atoms with Crippen LogP contribution < -0.4 is 0 Å². The Labute approximate surface area is 84.0 Å². The van der Waals surface area contributed by atoms with E-state index in [1.807, 2.05) is 39.3 Å². The average Bonchev–Trinajstić information content (AvgIpc) is 2.07. The number of rotatable bonds is 2. The molecule has 0 bridgehead atoms. The van der Waals surface area contributed by atoms with Gasteiger partial charge < -0.3 is 0 Å². The van der Waals surface area contributed by atoms with Crippen LogP contribution in [0.25, 0.3) is 0 Å². The third-order valence-electron chi connectivity index (χ3n) is 1.91. The van der Waals surface area contributed by atoms with E-state index >= 15 is 0 Å². The van der Waals surface area contributed by atoms with Gasteiger partial charge in [0.15, 0.2) is 0 Å². The number of hydrogen-bond donors (Lipinski definition) is 0. The maximum absolute atomic E-state index is 4.15. The monoisotopic (exact) mass is 183 g/mol.